The molecule has 4 nitrogen and oxygen atoms in total. The SMILES string of the molecule is O=C(CCC1CCN(Cc2ccccc2C(F)(F)F)CC1)NC[C@@H]1CCCO1. The minimum absolute atomic E-state index is 0.0667. The molecule has 0 spiro atoms. The monoisotopic (exact) mass is 398 g/mol. The average molecular weight is 398 g/mol. The molecule has 2 fully saturated rings. The Morgan fingerprint density at radius 2 is 1.93 bits per heavy atom. The van der Waals surface area contributed by atoms with Gasteiger partial charge >= 0.3 is 6.18 Å². The van der Waals surface area contributed by atoms with E-state index < -0.39 is 11.7 Å². The molecule has 1 amide bonds. The highest BCUT2D eigenvalue weighted by atomic mass is 19.4. The molecule has 0 aromatic heterocycles. The van der Waals surface area contributed by atoms with Crippen molar-refractivity contribution < 1.29 is 22.7 Å². The largest absolute Gasteiger partial charge is 0.416 e. The number of alkyl halides is 3. The van der Waals surface area contributed by atoms with Gasteiger partial charge in [0, 0.05) is 26.1 Å². The van der Waals surface area contributed by atoms with Gasteiger partial charge in [-0.15, -0.1) is 0 Å². The summed E-state index contributed by atoms with van der Waals surface area (Å²) >= 11 is 0. The van der Waals surface area contributed by atoms with Gasteiger partial charge in [-0.1, -0.05) is 18.2 Å². The molecule has 156 valence electrons. The van der Waals surface area contributed by atoms with Crippen LogP contribution in [0.15, 0.2) is 24.3 Å². The maximum atomic E-state index is 13.1. The predicted molar refractivity (Wildman–Crippen MR) is 101 cm³/mol. The van der Waals surface area contributed by atoms with Crippen LogP contribution in [0.25, 0.3) is 0 Å². The zero-order chi connectivity index (χ0) is 20.0. The first kappa shape index (κ1) is 21.1. The summed E-state index contributed by atoms with van der Waals surface area (Å²) in [6.45, 7) is 3.25. The van der Waals surface area contributed by atoms with E-state index >= 15 is 0 Å². The van der Waals surface area contributed by atoms with E-state index in [0.717, 1.165) is 57.9 Å². The Hall–Kier alpha value is -1.60. The quantitative estimate of drug-likeness (QED) is 0.755. The highest BCUT2D eigenvalue weighted by Gasteiger charge is 2.33. The van der Waals surface area contributed by atoms with Crippen molar-refractivity contribution in [2.24, 2.45) is 5.92 Å². The second-order valence-corrected chi connectivity index (χ2v) is 7.85. The first-order valence-electron chi connectivity index (χ1n) is 10.2. The minimum Gasteiger partial charge on any atom is -0.376 e. The first-order valence-corrected chi connectivity index (χ1v) is 10.2. The summed E-state index contributed by atoms with van der Waals surface area (Å²) in [6.07, 6.45) is 1.11. The molecule has 1 N–H and O–H groups in total. The Morgan fingerprint density at radius 3 is 2.61 bits per heavy atom. The fourth-order valence-electron chi connectivity index (χ4n) is 4.07. The third-order valence-electron chi connectivity index (χ3n) is 5.75. The fourth-order valence-corrected chi connectivity index (χ4v) is 4.07. The number of amides is 1. The van der Waals surface area contributed by atoms with E-state index in [0.29, 0.717) is 31.0 Å². The van der Waals surface area contributed by atoms with Gasteiger partial charge in [-0.05, 0) is 62.7 Å². The van der Waals surface area contributed by atoms with Gasteiger partial charge in [-0.3, -0.25) is 9.69 Å². The molecule has 28 heavy (non-hydrogen) atoms. The summed E-state index contributed by atoms with van der Waals surface area (Å²) in [7, 11) is 0. The van der Waals surface area contributed by atoms with Crippen molar-refractivity contribution >= 4 is 5.91 Å². The lowest BCUT2D eigenvalue weighted by Gasteiger charge is -2.32. The third-order valence-corrected chi connectivity index (χ3v) is 5.75. The molecular formula is C21H29F3N2O2. The lowest BCUT2D eigenvalue weighted by molar-refractivity contribution is -0.138. The van der Waals surface area contributed by atoms with Crippen molar-refractivity contribution in [3.8, 4) is 0 Å². The molecule has 0 aliphatic carbocycles. The molecule has 1 aromatic carbocycles. The Balaban J connectivity index is 1.37. The van der Waals surface area contributed by atoms with Crippen LogP contribution in [0, 0.1) is 5.92 Å². The smallest absolute Gasteiger partial charge is 0.376 e. The summed E-state index contributed by atoms with van der Waals surface area (Å²) in [5, 5.41) is 2.95. The van der Waals surface area contributed by atoms with Crippen LogP contribution in [0.5, 0.6) is 0 Å². The van der Waals surface area contributed by atoms with Gasteiger partial charge in [-0.2, -0.15) is 13.2 Å². The molecule has 3 rings (SSSR count). The van der Waals surface area contributed by atoms with E-state index in [2.05, 4.69) is 10.2 Å². The number of likely N-dealkylation sites (tertiary alicyclic amines) is 1. The Bertz CT molecular complexity index is 637. The molecule has 0 bridgehead atoms. The van der Waals surface area contributed by atoms with Crippen molar-refractivity contribution in [1.29, 1.82) is 0 Å². The van der Waals surface area contributed by atoms with Crippen LogP contribution in [0.2, 0.25) is 0 Å². The Morgan fingerprint density at radius 1 is 1.18 bits per heavy atom. The predicted octanol–water partition coefficient (Wildman–Crippen LogP) is 3.99. The molecule has 2 saturated heterocycles. The molecular weight excluding hydrogens is 369 g/mol. The van der Waals surface area contributed by atoms with Crippen LogP contribution in [0.3, 0.4) is 0 Å². The van der Waals surface area contributed by atoms with Gasteiger partial charge in [0.2, 0.25) is 5.91 Å². The highest BCUT2D eigenvalue weighted by molar-refractivity contribution is 5.75. The van der Waals surface area contributed by atoms with Gasteiger partial charge in [-0.25, -0.2) is 0 Å². The molecule has 1 aromatic rings. The second-order valence-electron chi connectivity index (χ2n) is 7.85. The van der Waals surface area contributed by atoms with Crippen LogP contribution in [-0.4, -0.2) is 43.2 Å². The van der Waals surface area contributed by atoms with E-state index in [1.807, 2.05) is 0 Å². The van der Waals surface area contributed by atoms with Gasteiger partial charge < -0.3 is 10.1 Å². The fraction of sp³-hybridized carbons (Fsp3) is 0.667. The summed E-state index contributed by atoms with van der Waals surface area (Å²) in [6, 6.07) is 5.81. The van der Waals surface area contributed by atoms with E-state index in [1.165, 1.54) is 6.07 Å². The standard InChI is InChI=1S/C21H29F3N2O2/c22-21(23,24)19-6-2-1-4-17(19)15-26-11-9-16(10-12-26)7-8-20(27)25-14-18-5-3-13-28-18/h1-2,4,6,16,18H,3,5,7-15H2,(H,25,27)/t18-/m0/s1. The highest BCUT2D eigenvalue weighted by Crippen LogP contribution is 2.33. The number of carbonyl (C=O) groups is 1. The molecule has 7 heteroatoms. The maximum Gasteiger partial charge on any atom is 0.416 e. The van der Waals surface area contributed by atoms with E-state index in [1.54, 1.807) is 12.1 Å². The van der Waals surface area contributed by atoms with Gasteiger partial charge in [0.15, 0.2) is 0 Å². The molecule has 2 aliphatic rings. The van der Waals surface area contributed by atoms with Gasteiger partial charge in [0.25, 0.3) is 0 Å². The number of piperidine rings is 1. The normalized spacial score (nSPS) is 21.8. The summed E-state index contributed by atoms with van der Waals surface area (Å²) in [5.41, 5.74) is -0.206. The molecule has 0 unspecified atom stereocenters. The topological polar surface area (TPSA) is 41.6 Å². The van der Waals surface area contributed by atoms with Crippen molar-refractivity contribution in [2.75, 3.05) is 26.2 Å². The Labute approximate surface area is 164 Å². The van der Waals surface area contributed by atoms with Crippen LogP contribution < -0.4 is 5.32 Å². The number of benzene rings is 1. The summed E-state index contributed by atoms with van der Waals surface area (Å²) in [5.74, 6) is 0.527. The zero-order valence-corrected chi connectivity index (χ0v) is 16.1. The number of hydrogen-bond acceptors (Lipinski definition) is 3. The zero-order valence-electron chi connectivity index (χ0n) is 16.1. The number of halogens is 3. The molecule has 2 heterocycles. The van der Waals surface area contributed by atoms with Crippen LogP contribution in [0.4, 0.5) is 13.2 Å². The van der Waals surface area contributed by atoms with Crippen LogP contribution in [0.1, 0.15) is 49.7 Å². The summed E-state index contributed by atoms with van der Waals surface area (Å²) in [4.78, 5) is 14.1. The molecule has 0 radical (unpaired) electrons. The van der Waals surface area contributed by atoms with Crippen molar-refractivity contribution in [2.45, 2.75) is 57.3 Å². The number of nitrogens with one attached hydrogen (secondary N) is 1. The lowest BCUT2D eigenvalue weighted by atomic mass is 9.91. The molecule has 2 aliphatic heterocycles. The number of rotatable bonds is 7. The third kappa shape index (κ3) is 6.21. The van der Waals surface area contributed by atoms with Gasteiger partial charge in [0.05, 0.1) is 11.7 Å². The number of carbonyl (C=O) groups excluding carboxylic acids is 1. The van der Waals surface area contributed by atoms with Gasteiger partial charge in [0.1, 0.15) is 0 Å². The lowest BCUT2D eigenvalue weighted by Crippen LogP contribution is -2.35. The maximum absolute atomic E-state index is 13.1. The second kappa shape index (κ2) is 9.74. The van der Waals surface area contributed by atoms with Crippen LogP contribution in [-0.2, 0) is 22.3 Å². The van der Waals surface area contributed by atoms with E-state index in [4.69, 9.17) is 4.74 Å². The summed E-state index contributed by atoms with van der Waals surface area (Å²) < 4.78 is 44.9. The minimum atomic E-state index is -4.31. The number of ether oxygens (including phenoxy) is 1. The Kier molecular flexibility index (Phi) is 7.35. The van der Waals surface area contributed by atoms with E-state index in [9.17, 15) is 18.0 Å². The number of hydrogen-bond donors (Lipinski definition) is 1. The first-order chi connectivity index (χ1) is 13.4. The van der Waals surface area contributed by atoms with Crippen molar-refractivity contribution in [3.05, 3.63) is 35.4 Å². The number of nitrogens with zero attached hydrogens (tertiary/aromatic N) is 1. The average Bonchev–Trinajstić information content (AvgIpc) is 3.19. The van der Waals surface area contributed by atoms with Crippen LogP contribution >= 0.6 is 0 Å². The van der Waals surface area contributed by atoms with Crippen molar-refractivity contribution in [3.63, 3.8) is 0 Å². The van der Waals surface area contributed by atoms with Crippen molar-refractivity contribution in [1.82, 2.24) is 10.2 Å². The molecule has 0 saturated carbocycles. The van der Waals surface area contributed by atoms with E-state index in [-0.39, 0.29) is 12.0 Å². The molecule has 1 atom stereocenters.